The molecule has 0 aromatic carbocycles. The molecule has 0 radical (unpaired) electrons. The van der Waals surface area contributed by atoms with E-state index in [1.165, 1.54) is 13.3 Å². The maximum Gasteiger partial charge on any atom is 0.372 e. The predicted molar refractivity (Wildman–Crippen MR) is 22.0 cm³/mol. The summed E-state index contributed by atoms with van der Waals surface area (Å²) in [5.41, 5.74) is 0. The number of methoxy groups -OCH3 is 1. The Morgan fingerprint density at radius 3 is 3.00 bits per heavy atom. The van der Waals surface area contributed by atoms with Gasteiger partial charge in [0.05, 0.1) is 7.11 Å². The molecule has 0 aliphatic rings. The number of hydrogen-bond donors (Lipinski definition) is 0. The highest BCUT2D eigenvalue weighted by atomic mass is 16.8. The molecule has 0 bridgehead atoms. The van der Waals surface area contributed by atoms with Gasteiger partial charge in [-0.1, -0.05) is 0 Å². The van der Waals surface area contributed by atoms with Gasteiger partial charge in [0.2, 0.25) is 0 Å². The van der Waals surface area contributed by atoms with Gasteiger partial charge < -0.3 is 9.94 Å². The van der Waals surface area contributed by atoms with Crippen LogP contribution in [0.5, 0.6) is 5.88 Å². The van der Waals surface area contributed by atoms with Crippen molar-refractivity contribution in [2.24, 2.45) is 0 Å². The fourth-order valence-corrected chi connectivity index (χ4v) is 0.326. The molecule has 0 aliphatic heterocycles. The number of rotatable bonds is 1. The molecule has 1 aromatic rings. The molecule has 0 saturated carbocycles. The average molecular weight is 116 g/mol. The van der Waals surface area contributed by atoms with Gasteiger partial charge in [-0.3, -0.25) is 4.63 Å². The van der Waals surface area contributed by atoms with E-state index in [9.17, 15) is 5.21 Å². The highest BCUT2D eigenvalue weighted by Gasteiger charge is 2.02. The van der Waals surface area contributed by atoms with Crippen molar-refractivity contribution in [1.29, 1.82) is 0 Å². The third-order valence-corrected chi connectivity index (χ3v) is 0.674. The first kappa shape index (κ1) is 4.89. The molecule has 0 spiro atoms. The Kier molecular flexibility index (Phi) is 1.03. The van der Waals surface area contributed by atoms with Crippen LogP contribution in [0.3, 0.4) is 0 Å². The second kappa shape index (κ2) is 1.69. The molecule has 5 heteroatoms. The van der Waals surface area contributed by atoms with E-state index in [0.717, 1.165) is 0 Å². The van der Waals surface area contributed by atoms with Crippen molar-refractivity contribution in [3.05, 3.63) is 11.4 Å². The van der Waals surface area contributed by atoms with Gasteiger partial charge in [0.15, 0.2) is 0 Å². The van der Waals surface area contributed by atoms with E-state index in [0.29, 0.717) is 0 Å². The minimum Gasteiger partial charge on any atom is -0.460 e. The van der Waals surface area contributed by atoms with Crippen molar-refractivity contribution < 1.29 is 14.3 Å². The van der Waals surface area contributed by atoms with Crippen LogP contribution in [0.2, 0.25) is 0 Å². The van der Waals surface area contributed by atoms with Gasteiger partial charge in [0.25, 0.3) is 6.20 Å². The summed E-state index contributed by atoms with van der Waals surface area (Å²) in [5, 5.41) is 13.4. The normalized spacial score (nSPS) is 9.12. The van der Waals surface area contributed by atoms with Crippen molar-refractivity contribution in [2.45, 2.75) is 0 Å². The van der Waals surface area contributed by atoms with Crippen LogP contribution in [0.15, 0.2) is 10.8 Å². The van der Waals surface area contributed by atoms with Crippen molar-refractivity contribution in [3.8, 4) is 5.88 Å². The Morgan fingerprint density at radius 2 is 2.75 bits per heavy atom. The van der Waals surface area contributed by atoms with Crippen LogP contribution in [-0.2, 0) is 0 Å². The molecular formula is C3H4N2O3. The molecule has 0 unspecified atom stereocenters. The van der Waals surface area contributed by atoms with Gasteiger partial charge in [-0.2, -0.15) is 0 Å². The summed E-state index contributed by atoms with van der Waals surface area (Å²) in [6.07, 6.45) is 1.19. The molecule has 0 amide bonds. The fourth-order valence-electron chi connectivity index (χ4n) is 0.326. The Hall–Kier alpha value is -1.26. The Morgan fingerprint density at radius 1 is 2.00 bits per heavy atom. The summed E-state index contributed by atoms with van der Waals surface area (Å²) in [6.45, 7) is 0. The lowest BCUT2D eigenvalue weighted by Crippen LogP contribution is -2.24. The van der Waals surface area contributed by atoms with Crippen molar-refractivity contribution >= 4 is 0 Å². The van der Waals surface area contributed by atoms with Crippen LogP contribution in [0.25, 0.3) is 0 Å². The van der Waals surface area contributed by atoms with E-state index < -0.39 is 0 Å². The zero-order valence-electron chi connectivity index (χ0n) is 4.20. The van der Waals surface area contributed by atoms with Crippen LogP contribution in [-0.4, -0.2) is 12.3 Å². The standard InChI is InChI=1S/C3H4N2O3/c1-7-3-2-4-8-5(3)6/h2H,1H3. The molecule has 5 nitrogen and oxygen atoms in total. The van der Waals surface area contributed by atoms with Crippen LogP contribution >= 0.6 is 0 Å². The van der Waals surface area contributed by atoms with E-state index >= 15 is 0 Å². The molecule has 0 atom stereocenters. The SMILES string of the molecule is COc1cno[n+]1[O-]. The molecule has 1 heterocycles. The largest absolute Gasteiger partial charge is 0.460 e. The van der Waals surface area contributed by atoms with Crippen molar-refractivity contribution in [2.75, 3.05) is 7.11 Å². The zero-order valence-corrected chi connectivity index (χ0v) is 4.20. The lowest BCUT2D eigenvalue weighted by molar-refractivity contribution is -0.804. The van der Waals surface area contributed by atoms with Crippen LogP contribution in [0.4, 0.5) is 0 Å². The molecule has 44 valence electrons. The summed E-state index contributed by atoms with van der Waals surface area (Å²) in [7, 11) is 1.36. The van der Waals surface area contributed by atoms with Crippen LogP contribution in [0, 0.1) is 5.21 Å². The van der Waals surface area contributed by atoms with Gasteiger partial charge in [-0.15, -0.1) is 0 Å². The number of ether oxygens (including phenoxy) is 1. The first-order valence-corrected chi connectivity index (χ1v) is 1.93. The Labute approximate surface area is 45.0 Å². The first-order valence-electron chi connectivity index (χ1n) is 1.93. The van der Waals surface area contributed by atoms with Crippen molar-refractivity contribution in [3.63, 3.8) is 0 Å². The Bertz CT molecular complexity index is 173. The molecule has 0 aliphatic carbocycles. The smallest absolute Gasteiger partial charge is 0.372 e. The van der Waals surface area contributed by atoms with Gasteiger partial charge in [0, 0.05) is 5.16 Å². The topological polar surface area (TPSA) is 62.2 Å². The summed E-state index contributed by atoms with van der Waals surface area (Å²) in [6, 6.07) is 0. The minimum atomic E-state index is 0.0602. The van der Waals surface area contributed by atoms with Gasteiger partial charge in [-0.25, -0.2) is 0 Å². The number of hydrogen-bond acceptors (Lipinski definition) is 4. The van der Waals surface area contributed by atoms with Crippen molar-refractivity contribution in [1.82, 2.24) is 5.16 Å². The minimum absolute atomic E-state index is 0.0602. The van der Waals surface area contributed by atoms with Gasteiger partial charge >= 0.3 is 5.88 Å². The Balaban J connectivity index is 2.92. The summed E-state index contributed by atoms with van der Waals surface area (Å²) < 4.78 is 8.52. The van der Waals surface area contributed by atoms with E-state index in [1.807, 2.05) is 0 Å². The first-order chi connectivity index (χ1) is 3.84. The van der Waals surface area contributed by atoms with Crippen LogP contribution in [0.1, 0.15) is 0 Å². The number of aromatic nitrogens is 2. The third kappa shape index (κ3) is 0.575. The maximum atomic E-state index is 10.2. The second-order valence-corrected chi connectivity index (χ2v) is 1.12. The van der Waals surface area contributed by atoms with E-state index in [-0.39, 0.29) is 10.8 Å². The summed E-state index contributed by atoms with van der Waals surface area (Å²) >= 11 is 0. The monoisotopic (exact) mass is 116 g/mol. The molecule has 8 heavy (non-hydrogen) atoms. The fraction of sp³-hybridized carbons (Fsp3) is 0.333. The average Bonchev–Trinajstić information content (AvgIpc) is 2.14. The molecule has 1 rings (SSSR count). The quantitative estimate of drug-likeness (QED) is 0.456. The maximum absolute atomic E-state index is 10.2. The predicted octanol–water partition coefficient (Wildman–Crippen LogP) is -0.683. The molecule has 0 N–H and O–H groups in total. The molecular weight excluding hydrogens is 112 g/mol. The second-order valence-electron chi connectivity index (χ2n) is 1.12. The zero-order chi connectivity index (χ0) is 5.98. The summed E-state index contributed by atoms with van der Waals surface area (Å²) in [4.78, 5) is 0.181. The highest BCUT2D eigenvalue weighted by Crippen LogP contribution is 1.94. The van der Waals surface area contributed by atoms with Gasteiger partial charge in [0.1, 0.15) is 0 Å². The lowest BCUT2D eigenvalue weighted by Gasteiger charge is -1.88. The number of nitrogens with zero attached hydrogens (tertiary/aromatic N) is 2. The molecule has 0 saturated heterocycles. The van der Waals surface area contributed by atoms with E-state index in [4.69, 9.17) is 0 Å². The van der Waals surface area contributed by atoms with E-state index in [2.05, 4.69) is 14.5 Å². The third-order valence-electron chi connectivity index (χ3n) is 0.674. The van der Waals surface area contributed by atoms with Gasteiger partial charge in [-0.05, 0) is 4.90 Å². The molecule has 1 aromatic heterocycles. The van der Waals surface area contributed by atoms with Crippen LogP contribution < -0.4 is 9.64 Å². The highest BCUT2D eigenvalue weighted by molar-refractivity contribution is 4.88. The lowest BCUT2D eigenvalue weighted by atomic mass is 10.9. The molecule has 0 fully saturated rings. The van der Waals surface area contributed by atoms with E-state index in [1.54, 1.807) is 0 Å². The summed E-state index contributed by atoms with van der Waals surface area (Å²) in [5.74, 6) is 0.0602.